The van der Waals surface area contributed by atoms with E-state index in [1.54, 1.807) is 0 Å². The van der Waals surface area contributed by atoms with Crippen LogP contribution in [0, 0.1) is 6.92 Å². The van der Waals surface area contributed by atoms with Gasteiger partial charge in [0.25, 0.3) is 5.91 Å². The second-order valence-corrected chi connectivity index (χ2v) is 8.00. The zero-order valence-electron chi connectivity index (χ0n) is 15.8. The fourth-order valence-corrected chi connectivity index (χ4v) is 4.10. The Morgan fingerprint density at radius 1 is 1.19 bits per heavy atom. The first-order valence-corrected chi connectivity index (χ1v) is 10.2. The van der Waals surface area contributed by atoms with Gasteiger partial charge in [0.15, 0.2) is 0 Å². The van der Waals surface area contributed by atoms with Crippen LogP contribution >= 0.6 is 11.3 Å². The van der Waals surface area contributed by atoms with E-state index in [4.69, 9.17) is 0 Å². The Bertz CT molecular complexity index is 853. The molecule has 5 nitrogen and oxygen atoms in total. The van der Waals surface area contributed by atoms with Crippen LogP contribution in [0.4, 0.5) is 5.69 Å². The number of aromatic nitrogens is 1. The second kappa shape index (κ2) is 8.95. The summed E-state index contributed by atoms with van der Waals surface area (Å²) < 4.78 is 0. The van der Waals surface area contributed by atoms with Crippen LogP contribution in [0.25, 0.3) is 10.6 Å². The average Bonchev–Trinajstić information content (AvgIpc) is 3.04. The van der Waals surface area contributed by atoms with Crippen molar-refractivity contribution in [2.24, 2.45) is 0 Å². The standard InChI is InChI=1S/C21H25N3O2S/c1-14-19(20(26)22-13-12-16-6-4-3-5-7-16)24-21(27-14)17-8-10-18(11-9-17)23-15(2)25/h6,8-11H,3-5,7,12-13H2,1-2H3,(H,22,26)(H,23,25). The molecule has 0 atom stereocenters. The van der Waals surface area contributed by atoms with E-state index in [0.717, 1.165) is 34.0 Å². The van der Waals surface area contributed by atoms with Gasteiger partial charge in [0.1, 0.15) is 10.7 Å². The number of hydrogen-bond acceptors (Lipinski definition) is 4. The number of hydrogen-bond donors (Lipinski definition) is 2. The Balaban J connectivity index is 1.62. The minimum absolute atomic E-state index is 0.101. The van der Waals surface area contributed by atoms with Crippen molar-refractivity contribution in [1.29, 1.82) is 0 Å². The quantitative estimate of drug-likeness (QED) is 0.711. The van der Waals surface area contributed by atoms with Crippen LogP contribution < -0.4 is 10.6 Å². The third kappa shape index (κ3) is 5.26. The monoisotopic (exact) mass is 383 g/mol. The molecule has 1 aromatic heterocycles. The number of carbonyl (C=O) groups is 2. The molecule has 2 N–H and O–H groups in total. The van der Waals surface area contributed by atoms with Crippen molar-refractivity contribution in [2.75, 3.05) is 11.9 Å². The topological polar surface area (TPSA) is 71.1 Å². The Morgan fingerprint density at radius 2 is 1.96 bits per heavy atom. The van der Waals surface area contributed by atoms with E-state index in [1.165, 1.54) is 43.1 Å². The zero-order chi connectivity index (χ0) is 19.2. The highest BCUT2D eigenvalue weighted by Gasteiger charge is 2.16. The number of rotatable bonds is 6. The maximum absolute atomic E-state index is 12.5. The van der Waals surface area contributed by atoms with Crippen molar-refractivity contribution in [1.82, 2.24) is 10.3 Å². The maximum atomic E-state index is 12.5. The first-order chi connectivity index (χ1) is 13.0. The van der Waals surface area contributed by atoms with Gasteiger partial charge < -0.3 is 10.6 Å². The number of amides is 2. The van der Waals surface area contributed by atoms with Gasteiger partial charge in [0.2, 0.25) is 5.91 Å². The van der Waals surface area contributed by atoms with Crippen molar-refractivity contribution in [3.05, 3.63) is 46.5 Å². The van der Waals surface area contributed by atoms with Crippen LogP contribution in [0.3, 0.4) is 0 Å². The van der Waals surface area contributed by atoms with E-state index in [2.05, 4.69) is 21.7 Å². The second-order valence-electron chi connectivity index (χ2n) is 6.80. The molecule has 3 rings (SSSR count). The smallest absolute Gasteiger partial charge is 0.271 e. The van der Waals surface area contributed by atoms with Crippen molar-refractivity contribution in [3.63, 3.8) is 0 Å². The molecule has 2 amide bonds. The average molecular weight is 384 g/mol. The summed E-state index contributed by atoms with van der Waals surface area (Å²) in [7, 11) is 0. The predicted molar refractivity (Wildman–Crippen MR) is 110 cm³/mol. The van der Waals surface area contributed by atoms with E-state index in [9.17, 15) is 9.59 Å². The van der Waals surface area contributed by atoms with Gasteiger partial charge in [-0.1, -0.05) is 11.6 Å². The number of nitrogens with zero attached hydrogens (tertiary/aromatic N) is 1. The summed E-state index contributed by atoms with van der Waals surface area (Å²) in [4.78, 5) is 29.1. The lowest BCUT2D eigenvalue weighted by Gasteiger charge is -2.12. The molecule has 0 saturated heterocycles. The molecule has 0 unspecified atom stereocenters. The third-order valence-corrected chi connectivity index (χ3v) is 5.60. The van der Waals surface area contributed by atoms with Crippen LogP contribution in [0.1, 0.15) is 54.4 Å². The van der Waals surface area contributed by atoms with Crippen LogP contribution in [0.2, 0.25) is 0 Å². The van der Waals surface area contributed by atoms with E-state index in [1.807, 2.05) is 31.2 Å². The molecule has 0 spiro atoms. The normalized spacial score (nSPS) is 13.8. The molecule has 0 bridgehead atoms. The molecule has 0 saturated carbocycles. The molecule has 0 radical (unpaired) electrons. The molecular formula is C21H25N3O2S. The van der Waals surface area contributed by atoms with E-state index < -0.39 is 0 Å². The highest BCUT2D eigenvalue weighted by atomic mass is 32.1. The largest absolute Gasteiger partial charge is 0.350 e. The SMILES string of the molecule is CC(=O)Nc1ccc(-c2nc(C(=O)NCCC3=CCCCC3)c(C)s2)cc1. The summed E-state index contributed by atoms with van der Waals surface area (Å²) in [5.74, 6) is -0.211. The summed E-state index contributed by atoms with van der Waals surface area (Å²) in [6.45, 7) is 4.06. The van der Waals surface area contributed by atoms with Gasteiger partial charge in [-0.3, -0.25) is 9.59 Å². The third-order valence-electron chi connectivity index (χ3n) is 4.58. The van der Waals surface area contributed by atoms with Crippen molar-refractivity contribution >= 4 is 28.8 Å². The van der Waals surface area contributed by atoms with Gasteiger partial charge in [-0.15, -0.1) is 11.3 Å². The summed E-state index contributed by atoms with van der Waals surface area (Å²) in [5.41, 5.74) is 3.63. The van der Waals surface area contributed by atoms with E-state index >= 15 is 0 Å². The van der Waals surface area contributed by atoms with Gasteiger partial charge >= 0.3 is 0 Å². The minimum Gasteiger partial charge on any atom is -0.350 e. The van der Waals surface area contributed by atoms with E-state index in [-0.39, 0.29) is 11.8 Å². The lowest BCUT2D eigenvalue weighted by Crippen LogP contribution is -2.25. The van der Waals surface area contributed by atoms with Gasteiger partial charge in [-0.2, -0.15) is 0 Å². The number of anilines is 1. The van der Waals surface area contributed by atoms with Crippen LogP contribution in [-0.2, 0) is 4.79 Å². The van der Waals surface area contributed by atoms with Gasteiger partial charge in [-0.25, -0.2) is 4.98 Å². The van der Waals surface area contributed by atoms with Crippen molar-refractivity contribution < 1.29 is 9.59 Å². The molecule has 1 aliphatic carbocycles. The molecule has 0 fully saturated rings. The Kier molecular flexibility index (Phi) is 6.40. The first-order valence-electron chi connectivity index (χ1n) is 9.34. The van der Waals surface area contributed by atoms with E-state index in [0.29, 0.717) is 12.2 Å². The summed E-state index contributed by atoms with van der Waals surface area (Å²) in [6, 6.07) is 7.48. The van der Waals surface area contributed by atoms with Crippen LogP contribution in [-0.4, -0.2) is 23.3 Å². The van der Waals surface area contributed by atoms with Gasteiger partial charge in [-0.05, 0) is 63.3 Å². The fourth-order valence-electron chi connectivity index (χ4n) is 3.18. The molecule has 1 aliphatic rings. The predicted octanol–water partition coefficient (Wildman–Crippen LogP) is 4.70. The number of benzene rings is 1. The minimum atomic E-state index is -0.110. The van der Waals surface area contributed by atoms with Gasteiger partial charge in [0.05, 0.1) is 0 Å². The summed E-state index contributed by atoms with van der Waals surface area (Å²) in [6.07, 6.45) is 8.10. The number of allylic oxidation sites excluding steroid dienone is 1. The number of carbonyl (C=O) groups excluding carboxylic acids is 2. The maximum Gasteiger partial charge on any atom is 0.271 e. The number of thiazole rings is 1. The zero-order valence-corrected chi connectivity index (χ0v) is 16.6. The lowest BCUT2D eigenvalue weighted by atomic mass is 9.97. The molecule has 142 valence electrons. The highest BCUT2D eigenvalue weighted by molar-refractivity contribution is 7.15. The van der Waals surface area contributed by atoms with Crippen molar-refractivity contribution in [3.8, 4) is 10.6 Å². The molecular weight excluding hydrogens is 358 g/mol. The lowest BCUT2D eigenvalue weighted by molar-refractivity contribution is -0.114. The number of nitrogens with one attached hydrogen (secondary N) is 2. The van der Waals surface area contributed by atoms with Crippen LogP contribution in [0.15, 0.2) is 35.9 Å². The molecule has 0 aliphatic heterocycles. The molecule has 27 heavy (non-hydrogen) atoms. The van der Waals surface area contributed by atoms with Crippen molar-refractivity contribution in [2.45, 2.75) is 46.0 Å². The Hall–Kier alpha value is -2.47. The first kappa shape index (κ1) is 19.3. The Labute approximate surface area is 163 Å². The summed E-state index contributed by atoms with van der Waals surface area (Å²) >= 11 is 1.51. The molecule has 2 aromatic rings. The highest BCUT2D eigenvalue weighted by Crippen LogP contribution is 2.28. The van der Waals surface area contributed by atoms with Crippen LogP contribution in [0.5, 0.6) is 0 Å². The summed E-state index contributed by atoms with van der Waals surface area (Å²) in [5, 5.41) is 6.55. The Morgan fingerprint density at radius 3 is 2.63 bits per heavy atom. The molecule has 6 heteroatoms. The number of aryl methyl sites for hydroxylation is 1. The molecule has 1 aromatic carbocycles. The van der Waals surface area contributed by atoms with Gasteiger partial charge in [0, 0.05) is 29.6 Å². The fraction of sp³-hybridized carbons (Fsp3) is 0.381. The molecule has 1 heterocycles.